The summed E-state index contributed by atoms with van der Waals surface area (Å²) in [5.41, 5.74) is 0.572. The van der Waals surface area contributed by atoms with Gasteiger partial charge in [-0.15, -0.1) is 0 Å². The van der Waals surface area contributed by atoms with Crippen LogP contribution < -0.4 is 5.46 Å². The first-order chi connectivity index (χ1) is 4.72. The van der Waals surface area contributed by atoms with Crippen LogP contribution >= 0.6 is 0 Å². The molecule has 0 radical (unpaired) electrons. The van der Waals surface area contributed by atoms with Gasteiger partial charge < -0.3 is 10.1 Å². The number of phenolic OH excluding ortho intramolecular Hbond substituents is 1. The topological polar surface area (TPSA) is 40.5 Å². The van der Waals surface area contributed by atoms with Crippen LogP contribution in [0.15, 0.2) is 24.3 Å². The Morgan fingerprint density at radius 3 is 2.30 bits per heavy atom. The molecule has 0 aliphatic heterocycles. The monoisotopic (exact) mass is 136 g/mol. The minimum atomic E-state index is -0.596. The van der Waals surface area contributed by atoms with Crippen LogP contribution in [0.2, 0.25) is 6.82 Å². The smallest absolute Gasteiger partial charge is 0.324 e. The standard InChI is InChI=1S/C7H9BO2/c1-8(10)6-4-2-3-5-7(6)9/h2-5,9-10H,1H3. The van der Waals surface area contributed by atoms with Crippen LogP contribution in [0.1, 0.15) is 0 Å². The maximum Gasteiger partial charge on any atom is 0.324 e. The molecule has 0 aromatic heterocycles. The highest BCUT2D eigenvalue weighted by Gasteiger charge is 2.09. The molecule has 3 heteroatoms. The van der Waals surface area contributed by atoms with Crippen molar-refractivity contribution in [2.75, 3.05) is 0 Å². The van der Waals surface area contributed by atoms with Gasteiger partial charge in [0, 0.05) is 0 Å². The Labute approximate surface area is 60.2 Å². The van der Waals surface area contributed by atoms with Crippen LogP contribution in [-0.2, 0) is 0 Å². The van der Waals surface area contributed by atoms with Gasteiger partial charge in [-0.1, -0.05) is 25.0 Å². The minimum absolute atomic E-state index is 0.150. The summed E-state index contributed by atoms with van der Waals surface area (Å²) in [6, 6.07) is 6.76. The van der Waals surface area contributed by atoms with Gasteiger partial charge in [-0.25, -0.2) is 0 Å². The van der Waals surface area contributed by atoms with Crippen molar-refractivity contribution < 1.29 is 10.1 Å². The SMILES string of the molecule is CB(O)c1ccccc1O. The number of aromatic hydroxyl groups is 1. The number of rotatable bonds is 1. The Kier molecular flexibility index (Phi) is 1.97. The molecule has 2 nitrogen and oxygen atoms in total. The molecule has 0 aliphatic carbocycles. The van der Waals surface area contributed by atoms with E-state index in [1.54, 1.807) is 31.1 Å². The summed E-state index contributed by atoms with van der Waals surface area (Å²) in [5, 5.41) is 18.2. The summed E-state index contributed by atoms with van der Waals surface area (Å²) >= 11 is 0. The zero-order valence-electron chi connectivity index (χ0n) is 5.78. The van der Waals surface area contributed by atoms with Crippen molar-refractivity contribution >= 4 is 12.4 Å². The fourth-order valence-corrected chi connectivity index (χ4v) is 0.841. The molecule has 0 spiro atoms. The van der Waals surface area contributed by atoms with E-state index >= 15 is 0 Å². The molecule has 0 atom stereocenters. The van der Waals surface area contributed by atoms with E-state index in [1.165, 1.54) is 0 Å². The number of hydrogen-bond donors (Lipinski definition) is 2. The molecule has 2 N–H and O–H groups in total. The van der Waals surface area contributed by atoms with E-state index in [-0.39, 0.29) is 5.75 Å². The van der Waals surface area contributed by atoms with Gasteiger partial charge in [0.05, 0.1) is 0 Å². The van der Waals surface area contributed by atoms with Gasteiger partial charge in [-0.05, 0) is 11.5 Å². The Hall–Kier alpha value is -0.955. The Morgan fingerprint density at radius 2 is 1.90 bits per heavy atom. The Balaban J connectivity index is 3.03. The van der Waals surface area contributed by atoms with Crippen molar-refractivity contribution in [2.24, 2.45) is 0 Å². The third-order valence-electron chi connectivity index (χ3n) is 1.39. The molecule has 52 valence electrons. The quantitative estimate of drug-likeness (QED) is 0.542. The molecule has 0 heterocycles. The van der Waals surface area contributed by atoms with Crippen LogP contribution in [0.4, 0.5) is 0 Å². The predicted octanol–water partition coefficient (Wildman–Crippen LogP) is 0.213. The third kappa shape index (κ3) is 1.31. The predicted molar refractivity (Wildman–Crippen MR) is 41.6 cm³/mol. The summed E-state index contributed by atoms with van der Waals surface area (Å²) < 4.78 is 0. The summed E-state index contributed by atoms with van der Waals surface area (Å²) in [6.07, 6.45) is 0. The maximum atomic E-state index is 9.12. The van der Waals surface area contributed by atoms with Crippen LogP contribution in [0.3, 0.4) is 0 Å². The van der Waals surface area contributed by atoms with Gasteiger partial charge in [0.2, 0.25) is 0 Å². The van der Waals surface area contributed by atoms with Crippen molar-refractivity contribution in [3.05, 3.63) is 24.3 Å². The molecule has 0 aliphatic rings. The highest BCUT2D eigenvalue weighted by molar-refractivity contribution is 6.65. The second-order valence-corrected chi connectivity index (χ2v) is 2.23. The molecule has 10 heavy (non-hydrogen) atoms. The first-order valence-electron chi connectivity index (χ1n) is 3.18. The van der Waals surface area contributed by atoms with Crippen molar-refractivity contribution in [1.29, 1.82) is 0 Å². The molecule has 1 rings (SSSR count). The lowest BCUT2D eigenvalue weighted by Gasteiger charge is -2.01. The van der Waals surface area contributed by atoms with E-state index in [9.17, 15) is 0 Å². The fourth-order valence-electron chi connectivity index (χ4n) is 0.841. The molecule has 1 aromatic rings. The number of hydrogen-bond acceptors (Lipinski definition) is 2. The van der Waals surface area contributed by atoms with Crippen molar-refractivity contribution in [3.8, 4) is 5.75 Å². The van der Waals surface area contributed by atoms with Gasteiger partial charge in [0.25, 0.3) is 0 Å². The molecule has 0 saturated carbocycles. The van der Waals surface area contributed by atoms with Gasteiger partial charge in [0.1, 0.15) is 5.75 Å². The molecule has 0 amide bonds. The number of benzene rings is 1. The fraction of sp³-hybridized carbons (Fsp3) is 0.143. The molecule has 1 aromatic carbocycles. The lowest BCUT2D eigenvalue weighted by molar-refractivity contribution is 0.477. The largest absolute Gasteiger partial charge is 0.508 e. The molecular formula is C7H9BO2. The minimum Gasteiger partial charge on any atom is -0.508 e. The summed E-state index contributed by atoms with van der Waals surface area (Å²) in [5.74, 6) is 0.150. The summed E-state index contributed by atoms with van der Waals surface area (Å²) in [7, 11) is 0. The van der Waals surface area contributed by atoms with E-state index in [0.717, 1.165) is 0 Å². The van der Waals surface area contributed by atoms with Crippen molar-refractivity contribution in [3.63, 3.8) is 0 Å². The molecule has 0 unspecified atom stereocenters. The van der Waals surface area contributed by atoms with Crippen LogP contribution in [0, 0.1) is 0 Å². The zero-order valence-corrected chi connectivity index (χ0v) is 5.78. The lowest BCUT2D eigenvalue weighted by Crippen LogP contribution is -2.25. The Bertz CT molecular complexity index is 223. The van der Waals surface area contributed by atoms with E-state index < -0.39 is 6.92 Å². The first kappa shape index (κ1) is 7.16. The van der Waals surface area contributed by atoms with E-state index in [4.69, 9.17) is 10.1 Å². The van der Waals surface area contributed by atoms with Gasteiger partial charge in [-0.2, -0.15) is 0 Å². The maximum absolute atomic E-state index is 9.12. The highest BCUT2D eigenvalue weighted by atomic mass is 16.3. The molecular weight excluding hydrogens is 127 g/mol. The van der Waals surface area contributed by atoms with Crippen molar-refractivity contribution in [2.45, 2.75) is 6.82 Å². The number of phenols is 1. The Morgan fingerprint density at radius 1 is 1.30 bits per heavy atom. The van der Waals surface area contributed by atoms with Crippen molar-refractivity contribution in [1.82, 2.24) is 0 Å². The average Bonchev–Trinajstić information content (AvgIpc) is 1.88. The van der Waals surface area contributed by atoms with Gasteiger partial charge >= 0.3 is 6.92 Å². The van der Waals surface area contributed by atoms with Gasteiger partial charge in [0.15, 0.2) is 0 Å². The number of para-hydroxylation sites is 1. The summed E-state index contributed by atoms with van der Waals surface area (Å²) in [4.78, 5) is 0. The molecule has 0 fully saturated rings. The average molecular weight is 136 g/mol. The van der Waals surface area contributed by atoms with E-state index in [1.807, 2.05) is 0 Å². The van der Waals surface area contributed by atoms with Crippen LogP contribution in [0.25, 0.3) is 0 Å². The van der Waals surface area contributed by atoms with E-state index in [2.05, 4.69) is 0 Å². The van der Waals surface area contributed by atoms with Crippen LogP contribution in [-0.4, -0.2) is 17.0 Å². The van der Waals surface area contributed by atoms with E-state index in [0.29, 0.717) is 5.46 Å². The first-order valence-corrected chi connectivity index (χ1v) is 3.18. The normalized spacial score (nSPS) is 9.40. The zero-order chi connectivity index (χ0) is 7.56. The third-order valence-corrected chi connectivity index (χ3v) is 1.39. The second kappa shape index (κ2) is 2.75. The van der Waals surface area contributed by atoms with Crippen LogP contribution in [0.5, 0.6) is 5.75 Å². The lowest BCUT2D eigenvalue weighted by atomic mass is 9.64. The second-order valence-electron chi connectivity index (χ2n) is 2.23. The highest BCUT2D eigenvalue weighted by Crippen LogP contribution is 2.03. The summed E-state index contributed by atoms with van der Waals surface area (Å²) in [6.45, 7) is 1.02. The molecule has 0 saturated heterocycles. The molecule has 0 bridgehead atoms. The van der Waals surface area contributed by atoms with Gasteiger partial charge in [-0.3, -0.25) is 0 Å².